The highest BCUT2D eigenvalue weighted by atomic mass is 19.4. The summed E-state index contributed by atoms with van der Waals surface area (Å²) in [4.78, 5) is 6.01. The van der Waals surface area contributed by atoms with Crippen LogP contribution in [0.25, 0.3) is 0 Å². The van der Waals surface area contributed by atoms with E-state index in [-0.39, 0.29) is 12.1 Å². The third kappa shape index (κ3) is 6.27. The van der Waals surface area contributed by atoms with Crippen LogP contribution in [0.15, 0.2) is 47.5 Å². The number of halogens is 3. The van der Waals surface area contributed by atoms with E-state index in [2.05, 4.69) is 15.6 Å². The minimum atomic E-state index is -4.45. The summed E-state index contributed by atoms with van der Waals surface area (Å²) in [5.74, 6) is 1.14. The second-order valence-electron chi connectivity index (χ2n) is 7.07. The molecule has 0 aliphatic carbocycles. The van der Waals surface area contributed by atoms with Gasteiger partial charge in [0.15, 0.2) is 5.96 Å². The van der Waals surface area contributed by atoms with Crippen molar-refractivity contribution in [3.63, 3.8) is 0 Å². The van der Waals surface area contributed by atoms with E-state index in [9.17, 15) is 13.2 Å². The van der Waals surface area contributed by atoms with Crippen LogP contribution in [0.2, 0.25) is 0 Å². The number of guanidine groups is 1. The van der Waals surface area contributed by atoms with Crippen LogP contribution in [-0.2, 0) is 24.0 Å². The van der Waals surface area contributed by atoms with Crippen LogP contribution in [0.3, 0.4) is 0 Å². The van der Waals surface area contributed by atoms with Crippen molar-refractivity contribution < 1.29 is 22.6 Å². The van der Waals surface area contributed by atoms with Crippen LogP contribution in [-0.4, -0.2) is 46.4 Å². The molecule has 0 radical (unpaired) electrons. The minimum absolute atomic E-state index is 0.00395. The van der Waals surface area contributed by atoms with Gasteiger partial charge in [-0.3, -0.25) is 4.99 Å². The topological polar surface area (TPSA) is 58.1 Å². The molecule has 31 heavy (non-hydrogen) atoms. The molecule has 0 spiro atoms. The Hall–Kier alpha value is -2.94. The number of alkyl halides is 3. The number of hydrogen-bond acceptors (Lipinski definition) is 4. The fraction of sp³-hybridized carbons (Fsp3) is 0.409. The Morgan fingerprint density at radius 2 is 1.84 bits per heavy atom. The highest BCUT2D eigenvalue weighted by molar-refractivity contribution is 5.79. The van der Waals surface area contributed by atoms with Crippen LogP contribution < -0.4 is 20.3 Å². The van der Waals surface area contributed by atoms with Crippen molar-refractivity contribution in [2.45, 2.75) is 19.3 Å². The summed E-state index contributed by atoms with van der Waals surface area (Å²) in [6.45, 7) is 2.64. The molecule has 1 aliphatic heterocycles. The third-order valence-electron chi connectivity index (χ3n) is 5.04. The highest BCUT2D eigenvalue weighted by Gasteiger charge is 2.34. The van der Waals surface area contributed by atoms with E-state index in [0.29, 0.717) is 44.5 Å². The zero-order valence-corrected chi connectivity index (χ0v) is 17.6. The largest absolute Gasteiger partial charge is 0.497 e. The molecule has 1 saturated heterocycles. The molecule has 0 amide bonds. The van der Waals surface area contributed by atoms with Gasteiger partial charge in [0, 0.05) is 38.9 Å². The van der Waals surface area contributed by atoms with E-state index in [4.69, 9.17) is 9.47 Å². The average molecular weight is 436 g/mol. The van der Waals surface area contributed by atoms with Crippen molar-refractivity contribution in [1.29, 1.82) is 0 Å². The van der Waals surface area contributed by atoms with Crippen molar-refractivity contribution >= 4 is 11.6 Å². The van der Waals surface area contributed by atoms with Crippen molar-refractivity contribution in [3.05, 3.63) is 59.2 Å². The van der Waals surface area contributed by atoms with E-state index in [0.717, 1.165) is 11.3 Å². The summed E-state index contributed by atoms with van der Waals surface area (Å²) in [7, 11) is 3.17. The average Bonchev–Trinajstić information content (AvgIpc) is 2.79. The molecule has 2 N–H and O–H groups in total. The van der Waals surface area contributed by atoms with E-state index in [1.165, 1.54) is 12.1 Å². The molecule has 0 unspecified atom stereocenters. The summed E-state index contributed by atoms with van der Waals surface area (Å²) in [5, 5.41) is 6.08. The van der Waals surface area contributed by atoms with Gasteiger partial charge in [0.25, 0.3) is 0 Å². The van der Waals surface area contributed by atoms with Gasteiger partial charge < -0.3 is 25.0 Å². The number of hydrogen-bond donors (Lipinski definition) is 2. The summed E-state index contributed by atoms with van der Waals surface area (Å²) in [6, 6.07) is 12.0. The Labute approximate surface area is 180 Å². The lowest BCUT2D eigenvalue weighted by Gasteiger charge is -2.29. The fourth-order valence-electron chi connectivity index (χ4n) is 3.37. The number of ether oxygens (including phenoxy) is 2. The van der Waals surface area contributed by atoms with E-state index in [1.54, 1.807) is 20.2 Å². The van der Waals surface area contributed by atoms with Crippen LogP contribution in [0.4, 0.5) is 18.9 Å². The van der Waals surface area contributed by atoms with Crippen LogP contribution in [0.1, 0.15) is 16.7 Å². The number of morpholine rings is 1. The number of methoxy groups -OCH3 is 1. The molecule has 0 aromatic heterocycles. The van der Waals surface area contributed by atoms with Crippen LogP contribution >= 0.6 is 0 Å². The Kier molecular flexibility index (Phi) is 7.62. The van der Waals surface area contributed by atoms with Gasteiger partial charge in [0.2, 0.25) is 0 Å². The standard InChI is InChI=1S/C22H27F3N4O2/c1-26-21(27-14-16-4-3-5-19(12-16)30-2)28-15-17-6-7-18(13-20(17)22(23,24)25)29-8-10-31-11-9-29/h3-7,12-13H,8-11,14-15H2,1-2H3,(H2,26,27,28). The molecule has 1 heterocycles. The zero-order chi connectivity index (χ0) is 22.3. The van der Waals surface area contributed by atoms with Gasteiger partial charge >= 0.3 is 6.18 Å². The number of anilines is 1. The molecular weight excluding hydrogens is 409 g/mol. The SMILES string of the molecule is CN=C(NCc1cccc(OC)c1)NCc1ccc(N2CCOCC2)cc1C(F)(F)F. The Morgan fingerprint density at radius 1 is 1.10 bits per heavy atom. The van der Waals surface area contributed by atoms with Crippen LogP contribution in [0, 0.1) is 0 Å². The van der Waals surface area contributed by atoms with Gasteiger partial charge in [-0.1, -0.05) is 18.2 Å². The van der Waals surface area contributed by atoms with E-state index < -0.39 is 11.7 Å². The molecule has 3 rings (SSSR count). The van der Waals surface area contributed by atoms with Gasteiger partial charge in [-0.05, 0) is 35.4 Å². The Bertz CT molecular complexity index is 897. The number of nitrogens with zero attached hydrogens (tertiary/aromatic N) is 2. The first kappa shape index (κ1) is 22.7. The predicted octanol–water partition coefficient (Wildman–Crippen LogP) is 3.42. The van der Waals surface area contributed by atoms with Crippen molar-refractivity contribution in [2.24, 2.45) is 4.99 Å². The number of nitrogens with one attached hydrogen (secondary N) is 2. The number of rotatable bonds is 6. The molecule has 1 fully saturated rings. The first-order chi connectivity index (χ1) is 14.9. The molecule has 168 valence electrons. The molecular formula is C22H27F3N4O2. The second-order valence-corrected chi connectivity index (χ2v) is 7.07. The number of aliphatic imine (C=N–C) groups is 1. The molecule has 0 atom stereocenters. The van der Waals surface area contributed by atoms with Gasteiger partial charge in [-0.25, -0.2) is 0 Å². The lowest BCUT2D eigenvalue weighted by Crippen LogP contribution is -2.37. The lowest BCUT2D eigenvalue weighted by atomic mass is 10.0. The summed E-state index contributed by atoms with van der Waals surface area (Å²) >= 11 is 0. The monoisotopic (exact) mass is 436 g/mol. The molecule has 6 nitrogen and oxygen atoms in total. The summed E-state index contributed by atoms with van der Waals surface area (Å²) in [5.41, 5.74) is 1.04. The van der Waals surface area contributed by atoms with E-state index in [1.807, 2.05) is 29.2 Å². The van der Waals surface area contributed by atoms with Gasteiger partial charge in [-0.15, -0.1) is 0 Å². The van der Waals surface area contributed by atoms with E-state index >= 15 is 0 Å². The normalized spacial score (nSPS) is 15.0. The first-order valence-electron chi connectivity index (χ1n) is 10.0. The summed E-state index contributed by atoms with van der Waals surface area (Å²) < 4.78 is 51.6. The maximum absolute atomic E-state index is 13.7. The summed E-state index contributed by atoms with van der Waals surface area (Å²) in [6.07, 6.45) is -4.45. The Morgan fingerprint density at radius 3 is 2.52 bits per heavy atom. The zero-order valence-electron chi connectivity index (χ0n) is 17.6. The van der Waals surface area contributed by atoms with Gasteiger partial charge in [0.1, 0.15) is 5.75 Å². The minimum Gasteiger partial charge on any atom is -0.497 e. The molecule has 0 saturated carbocycles. The molecule has 1 aliphatic rings. The van der Waals surface area contributed by atoms with Crippen molar-refractivity contribution in [1.82, 2.24) is 10.6 Å². The first-order valence-corrected chi connectivity index (χ1v) is 10.0. The lowest BCUT2D eigenvalue weighted by molar-refractivity contribution is -0.138. The Balaban J connectivity index is 1.67. The fourth-order valence-corrected chi connectivity index (χ4v) is 3.37. The maximum atomic E-state index is 13.7. The molecule has 0 bridgehead atoms. The third-order valence-corrected chi connectivity index (χ3v) is 5.04. The van der Waals surface area contributed by atoms with Crippen molar-refractivity contribution in [3.8, 4) is 5.75 Å². The quantitative estimate of drug-likeness (QED) is 0.537. The molecule has 2 aromatic carbocycles. The number of benzene rings is 2. The van der Waals surface area contributed by atoms with Crippen molar-refractivity contribution in [2.75, 3.05) is 45.4 Å². The smallest absolute Gasteiger partial charge is 0.416 e. The maximum Gasteiger partial charge on any atom is 0.416 e. The molecule has 2 aromatic rings. The van der Waals surface area contributed by atoms with Crippen LogP contribution in [0.5, 0.6) is 5.75 Å². The highest BCUT2D eigenvalue weighted by Crippen LogP contribution is 2.35. The molecule has 9 heteroatoms. The van der Waals surface area contributed by atoms with Gasteiger partial charge in [-0.2, -0.15) is 13.2 Å². The van der Waals surface area contributed by atoms with Gasteiger partial charge in [0.05, 0.1) is 25.9 Å². The predicted molar refractivity (Wildman–Crippen MR) is 115 cm³/mol. The second kappa shape index (κ2) is 10.4.